The molecule has 1 unspecified atom stereocenters. The molecule has 142 valence electrons. The van der Waals surface area contributed by atoms with Crippen LogP contribution in [0.4, 0.5) is 5.69 Å². The molecule has 1 saturated carbocycles. The molecule has 0 radical (unpaired) electrons. The number of rotatable bonds is 6. The van der Waals surface area contributed by atoms with E-state index in [1.54, 1.807) is 13.3 Å². The van der Waals surface area contributed by atoms with Gasteiger partial charge >= 0.3 is 0 Å². The van der Waals surface area contributed by atoms with Gasteiger partial charge in [-0.15, -0.1) is 0 Å². The van der Waals surface area contributed by atoms with Gasteiger partial charge in [0.05, 0.1) is 13.2 Å². The monoisotopic (exact) mass is 436 g/mol. The van der Waals surface area contributed by atoms with Crippen LogP contribution in [0.5, 0.6) is 11.5 Å². The molecule has 1 atom stereocenters. The lowest BCUT2D eigenvalue weighted by molar-refractivity contribution is 0.219. The van der Waals surface area contributed by atoms with Gasteiger partial charge < -0.3 is 14.8 Å². The van der Waals surface area contributed by atoms with E-state index >= 15 is 0 Å². The maximum absolute atomic E-state index is 9.63. The molecule has 2 aromatic carbocycles. The zero-order chi connectivity index (χ0) is 19.5. The highest BCUT2D eigenvalue weighted by atomic mass is 79.9. The van der Waals surface area contributed by atoms with Gasteiger partial charge in [-0.3, -0.25) is 0 Å². The summed E-state index contributed by atoms with van der Waals surface area (Å²) >= 11 is 3.63. The van der Waals surface area contributed by atoms with Crippen molar-refractivity contribution in [1.82, 2.24) is 0 Å². The molecule has 1 aliphatic heterocycles. The number of ether oxygens (including phenoxy) is 2. The van der Waals surface area contributed by atoms with Crippen LogP contribution in [0.3, 0.4) is 0 Å². The molecule has 2 aromatic rings. The lowest BCUT2D eigenvalue weighted by Gasteiger charge is -2.25. The fourth-order valence-electron chi connectivity index (χ4n) is 3.35. The van der Waals surface area contributed by atoms with Crippen LogP contribution in [-0.2, 0) is 6.42 Å². The van der Waals surface area contributed by atoms with Crippen LogP contribution in [0, 0.1) is 17.2 Å². The smallest absolute Gasteiger partial charge is 0.145 e. The molecule has 0 spiro atoms. The summed E-state index contributed by atoms with van der Waals surface area (Å²) in [6.07, 6.45) is 9.06. The van der Waals surface area contributed by atoms with Crippen LogP contribution in [-0.4, -0.2) is 13.2 Å². The van der Waals surface area contributed by atoms with Gasteiger partial charge in [-0.05, 0) is 64.5 Å². The molecule has 1 aliphatic carbocycles. The fourth-order valence-corrected chi connectivity index (χ4v) is 3.93. The van der Waals surface area contributed by atoms with Crippen LogP contribution in [0.25, 0.3) is 6.08 Å². The minimum Gasteiger partial charge on any atom is -0.495 e. The van der Waals surface area contributed by atoms with E-state index < -0.39 is 0 Å². The average Bonchev–Trinajstić information content (AvgIpc) is 3.58. The Balaban J connectivity index is 1.63. The summed E-state index contributed by atoms with van der Waals surface area (Å²) in [5.41, 5.74) is 3.59. The Morgan fingerprint density at radius 3 is 2.82 bits per heavy atom. The first-order valence-corrected chi connectivity index (χ1v) is 10.1. The molecule has 1 fully saturated rings. The summed E-state index contributed by atoms with van der Waals surface area (Å²) in [5, 5.41) is 12.8. The maximum Gasteiger partial charge on any atom is 0.145 e. The molecule has 0 amide bonds. The molecule has 4 nitrogen and oxygen atoms in total. The van der Waals surface area contributed by atoms with E-state index in [-0.39, 0.29) is 6.10 Å². The number of methoxy groups -OCH3 is 1. The molecule has 0 saturated heterocycles. The Bertz CT molecular complexity index is 972. The highest BCUT2D eigenvalue weighted by molar-refractivity contribution is 9.10. The highest BCUT2D eigenvalue weighted by Gasteiger charge is 2.34. The van der Waals surface area contributed by atoms with Crippen molar-refractivity contribution >= 4 is 27.7 Å². The van der Waals surface area contributed by atoms with E-state index in [9.17, 15) is 5.26 Å². The second-order valence-corrected chi connectivity index (χ2v) is 7.84. The second kappa shape index (κ2) is 8.12. The van der Waals surface area contributed by atoms with E-state index in [0.717, 1.165) is 27.0 Å². The quantitative estimate of drug-likeness (QED) is 0.589. The van der Waals surface area contributed by atoms with E-state index in [2.05, 4.69) is 39.5 Å². The van der Waals surface area contributed by atoms with Gasteiger partial charge in [0, 0.05) is 29.4 Å². The minimum absolute atomic E-state index is 0.120. The number of benzene rings is 2. The van der Waals surface area contributed by atoms with Crippen molar-refractivity contribution in [2.75, 3.05) is 12.4 Å². The third-order valence-electron chi connectivity index (χ3n) is 5.04. The lowest BCUT2D eigenvalue weighted by atomic mass is 9.96. The van der Waals surface area contributed by atoms with Crippen molar-refractivity contribution in [3.63, 3.8) is 0 Å². The molecule has 2 aliphatic rings. The predicted octanol–water partition coefficient (Wildman–Crippen LogP) is 5.70. The standard InChI is InChI=1S/C23H21BrN2O2/c1-27-21-12-17(11-15(13-25)14-26-18-5-3-2-4-6-18)19-9-10-20(16-7-8-16)28-23(19)22(21)24/h2-6,9-10,12,14,16,20,26H,7-8,11H2,1H3/b15-14-. The molecule has 5 heteroatoms. The summed E-state index contributed by atoms with van der Waals surface area (Å²) in [5.74, 6) is 2.13. The van der Waals surface area contributed by atoms with Crippen LogP contribution in [0.2, 0.25) is 0 Å². The topological polar surface area (TPSA) is 54.3 Å². The van der Waals surface area contributed by atoms with Crippen molar-refractivity contribution < 1.29 is 9.47 Å². The van der Waals surface area contributed by atoms with Gasteiger partial charge in [-0.25, -0.2) is 0 Å². The number of nitrogens with zero attached hydrogens (tertiary/aromatic N) is 1. The number of allylic oxidation sites excluding steroid dienone is 1. The third-order valence-corrected chi connectivity index (χ3v) is 5.79. The van der Waals surface area contributed by atoms with Gasteiger partial charge in [0.25, 0.3) is 0 Å². The maximum atomic E-state index is 9.63. The van der Waals surface area contributed by atoms with E-state index in [0.29, 0.717) is 23.7 Å². The van der Waals surface area contributed by atoms with Crippen molar-refractivity contribution in [3.8, 4) is 17.6 Å². The Morgan fingerprint density at radius 1 is 1.36 bits per heavy atom. The Hall–Kier alpha value is -2.71. The molecule has 28 heavy (non-hydrogen) atoms. The van der Waals surface area contributed by atoms with E-state index in [4.69, 9.17) is 9.47 Å². The van der Waals surface area contributed by atoms with Gasteiger partial charge in [-0.1, -0.05) is 24.3 Å². The number of nitrogens with one attached hydrogen (secondary N) is 1. The molecule has 1 N–H and O–H groups in total. The van der Waals surface area contributed by atoms with Crippen LogP contribution in [0.1, 0.15) is 24.0 Å². The molecular formula is C23H21BrN2O2. The summed E-state index contributed by atoms with van der Waals surface area (Å²) in [6.45, 7) is 0. The van der Waals surface area contributed by atoms with Crippen LogP contribution in [0.15, 0.2) is 58.7 Å². The van der Waals surface area contributed by atoms with Crippen molar-refractivity contribution in [1.29, 1.82) is 5.26 Å². The normalized spacial score (nSPS) is 18.0. The number of halogens is 1. The van der Waals surface area contributed by atoms with Crippen LogP contribution >= 0.6 is 15.9 Å². The second-order valence-electron chi connectivity index (χ2n) is 7.04. The molecule has 4 rings (SSSR count). The Morgan fingerprint density at radius 2 is 2.14 bits per heavy atom. The fraction of sp³-hybridized carbons (Fsp3) is 0.261. The summed E-state index contributed by atoms with van der Waals surface area (Å²) in [4.78, 5) is 0. The van der Waals surface area contributed by atoms with Gasteiger partial charge in [-0.2, -0.15) is 5.26 Å². The zero-order valence-corrected chi connectivity index (χ0v) is 17.2. The molecule has 1 heterocycles. The van der Waals surface area contributed by atoms with Crippen LogP contribution < -0.4 is 14.8 Å². The summed E-state index contributed by atoms with van der Waals surface area (Å²) in [7, 11) is 1.64. The minimum atomic E-state index is 0.120. The predicted molar refractivity (Wildman–Crippen MR) is 114 cm³/mol. The van der Waals surface area contributed by atoms with Gasteiger partial charge in [0.15, 0.2) is 0 Å². The number of fused-ring (bicyclic) bond motifs is 1. The lowest BCUT2D eigenvalue weighted by Crippen LogP contribution is -2.20. The van der Waals surface area contributed by atoms with Gasteiger partial charge in [0.1, 0.15) is 22.1 Å². The zero-order valence-electron chi connectivity index (χ0n) is 15.6. The molecule has 0 bridgehead atoms. The molecule has 0 aromatic heterocycles. The van der Waals surface area contributed by atoms with Crippen molar-refractivity contribution in [2.24, 2.45) is 5.92 Å². The number of anilines is 1. The average molecular weight is 437 g/mol. The Labute approximate surface area is 173 Å². The highest BCUT2D eigenvalue weighted by Crippen LogP contribution is 2.46. The first-order chi connectivity index (χ1) is 13.7. The third kappa shape index (κ3) is 3.93. The summed E-state index contributed by atoms with van der Waals surface area (Å²) < 4.78 is 12.6. The number of hydrogen-bond donors (Lipinski definition) is 1. The van der Waals surface area contributed by atoms with Crippen molar-refractivity contribution in [3.05, 3.63) is 69.8 Å². The molecular weight excluding hydrogens is 416 g/mol. The number of para-hydroxylation sites is 1. The number of nitriles is 1. The first kappa shape index (κ1) is 18.6. The van der Waals surface area contributed by atoms with Crippen molar-refractivity contribution in [2.45, 2.75) is 25.4 Å². The Kier molecular flexibility index (Phi) is 5.40. The largest absolute Gasteiger partial charge is 0.495 e. The van der Waals surface area contributed by atoms with Gasteiger partial charge in [0.2, 0.25) is 0 Å². The number of hydrogen-bond acceptors (Lipinski definition) is 4. The first-order valence-electron chi connectivity index (χ1n) is 9.34. The SMILES string of the molecule is COc1cc(C/C(C#N)=C/Nc2ccccc2)c2c(c1Br)OC(C1CC1)C=C2. The van der Waals surface area contributed by atoms with E-state index in [1.165, 1.54) is 12.8 Å². The summed E-state index contributed by atoms with van der Waals surface area (Å²) in [6, 6.07) is 14.1. The van der Waals surface area contributed by atoms with E-state index in [1.807, 2.05) is 36.4 Å².